The Kier molecular flexibility index (Phi) is 9.63. The average molecular weight is 725 g/mol. The zero-order valence-electron chi connectivity index (χ0n) is 27.0. The van der Waals surface area contributed by atoms with Crippen molar-refractivity contribution in [2.75, 3.05) is 64.2 Å². The Morgan fingerprint density at radius 3 is 2.39 bits per heavy atom. The summed E-state index contributed by atoms with van der Waals surface area (Å²) in [7, 11) is 0. The first kappa shape index (κ1) is 34.2. The van der Waals surface area contributed by atoms with Gasteiger partial charge in [-0.25, -0.2) is 9.59 Å². The van der Waals surface area contributed by atoms with Gasteiger partial charge in [-0.05, 0) is 73.8 Å². The molecule has 1 aromatic heterocycles. The van der Waals surface area contributed by atoms with E-state index in [1.807, 2.05) is 11.4 Å². The van der Waals surface area contributed by atoms with Crippen LogP contribution in [-0.4, -0.2) is 125 Å². The van der Waals surface area contributed by atoms with Gasteiger partial charge in [-0.2, -0.15) is 13.2 Å². The van der Waals surface area contributed by atoms with E-state index in [0.29, 0.717) is 57.5 Å². The molecule has 2 bridgehead atoms. The van der Waals surface area contributed by atoms with Gasteiger partial charge in [0.2, 0.25) is 0 Å². The molecule has 4 amide bonds. The molecule has 0 saturated carbocycles. The van der Waals surface area contributed by atoms with Crippen molar-refractivity contribution < 1.29 is 37.4 Å². The zero-order chi connectivity index (χ0) is 34.4. The number of fused-ring (bicyclic) bond motifs is 4. The normalized spacial score (nSPS) is 25.6. The molecule has 11 nitrogen and oxygen atoms in total. The molecule has 2 aromatic rings. The maximum Gasteiger partial charge on any atom is 0.420 e. The number of likely N-dealkylation sites (tertiary alicyclic amines) is 1. The minimum absolute atomic E-state index is 0.00908. The predicted octanol–water partition coefficient (Wildman–Crippen LogP) is 4.92. The highest BCUT2D eigenvalue weighted by molar-refractivity contribution is 7.14. The Balaban J connectivity index is 1.03. The summed E-state index contributed by atoms with van der Waals surface area (Å²) >= 11 is 7.46. The van der Waals surface area contributed by atoms with Gasteiger partial charge in [0.25, 0.3) is 5.91 Å². The third-order valence-electron chi connectivity index (χ3n) is 10.8. The number of carbonyl (C=O) groups is 3. The van der Waals surface area contributed by atoms with Crippen molar-refractivity contribution in [3.63, 3.8) is 0 Å². The summed E-state index contributed by atoms with van der Waals surface area (Å²) in [6.07, 6.45) is -4.02. The minimum atomic E-state index is -4.88. The van der Waals surface area contributed by atoms with Crippen molar-refractivity contribution in [2.45, 2.75) is 63.0 Å². The SMILES string of the molecule is O=C(O[C@H](Cc1cc(Cl)c(O)c(C(F)(F)F)c1)C(=O)N1CCN(C2CN3CCC2CC3)CC1)N1CCC(N2Cc3ccsc3NC2=O)CC1. The minimum Gasteiger partial charge on any atom is -0.506 e. The molecule has 7 heterocycles. The largest absolute Gasteiger partial charge is 0.506 e. The quantitative estimate of drug-likeness (QED) is 0.436. The number of nitrogens with zero attached hydrogens (tertiary/aromatic N) is 5. The van der Waals surface area contributed by atoms with E-state index in [1.54, 1.807) is 9.80 Å². The van der Waals surface area contributed by atoms with E-state index >= 15 is 0 Å². The molecule has 266 valence electrons. The number of aromatic hydroxyl groups is 1. The Morgan fingerprint density at radius 2 is 1.73 bits per heavy atom. The van der Waals surface area contributed by atoms with Crippen LogP contribution in [0.25, 0.3) is 0 Å². The average Bonchev–Trinajstić information content (AvgIpc) is 3.56. The lowest BCUT2D eigenvalue weighted by Crippen LogP contribution is -2.62. The van der Waals surface area contributed by atoms with Gasteiger partial charge in [-0.15, -0.1) is 11.3 Å². The summed E-state index contributed by atoms with van der Waals surface area (Å²) in [5.41, 5.74) is -0.271. The Hall–Kier alpha value is -3.27. The summed E-state index contributed by atoms with van der Waals surface area (Å²) in [6, 6.07) is 4.06. The van der Waals surface area contributed by atoms with Gasteiger partial charge in [0.05, 0.1) is 17.1 Å². The number of carbonyl (C=O) groups excluding carboxylic acids is 3. The number of hydrogen-bond acceptors (Lipinski definition) is 8. The number of rotatable bonds is 6. The van der Waals surface area contributed by atoms with Gasteiger partial charge in [-0.1, -0.05) is 11.6 Å². The fourth-order valence-corrected chi connectivity index (χ4v) is 9.09. The van der Waals surface area contributed by atoms with Gasteiger partial charge in [0, 0.05) is 69.9 Å². The lowest BCUT2D eigenvalue weighted by molar-refractivity contribution is -0.143. The monoisotopic (exact) mass is 724 g/mol. The predicted molar refractivity (Wildman–Crippen MR) is 177 cm³/mol. The Labute approximate surface area is 291 Å². The Bertz CT molecular complexity index is 1570. The lowest BCUT2D eigenvalue weighted by atomic mass is 9.83. The number of piperazine rings is 1. The fourth-order valence-electron chi connectivity index (χ4n) is 8.05. The number of benzene rings is 1. The molecule has 1 aromatic carbocycles. The molecule has 1 unspecified atom stereocenters. The first-order valence-electron chi connectivity index (χ1n) is 16.9. The van der Waals surface area contributed by atoms with Gasteiger partial charge in [0.1, 0.15) is 10.8 Å². The standard InChI is InChI=1S/C33H40ClF3N6O5S/c34-25-16-20(15-24(28(25)44)33(35,36)37)17-27(30(45)41-12-10-40(11-13-41)26-19-39-6-1-21(26)2-7-39)48-32(47)42-8-3-23(4-9-42)43-18-22-5-14-49-29(22)38-31(43)46/h5,14-16,21,23,26-27,44H,1-4,6-13,17-19H2,(H,38,46)/t26?,27-/m1/s1. The lowest BCUT2D eigenvalue weighted by Gasteiger charge is -2.51. The number of piperidine rings is 4. The highest BCUT2D eigenvalue weighted by atomic mass is 35.5. The number of hydrogen-bond donors (Lipinski definition) is 2. The summed E-state index contributed by atoms with van der Waals surface area (Å²) in [5, 5.41) is 15.2. The maximum absolute atomic E-state index is 14.0. The van der Waals surface area contributed by atoms with E-state index in [-0.39, 0.29) is 37.1 Å². The number of phenolic OH excluding ortho intramolecular Hbond substituents is 1. The molecule has 8 rings (SSSR count). The molecule has 2 atom stereocenters. The maximum atomic E-state index is 14.0. The molecule has 0 spiro atoms. The molecule has 5 fully saturated rings. The van der Waals surface area contributed by atoms with E-state index in [2.05, 4.69) is 15.1 Å². The van der Waals surface area contributed by atoms with Crippen LogP contribution in [-0.2, 0) is 28.7 Å². The van der Waals surface area contributed by atoms with Crippen LogP contribution < -0.4 is 5.32 Å². The highest BCUT2D eigenvalue weighted by Gasteiger charge is 2.41. The highest BCUT2D eigenvalue weighted by Crippen LogP contribution is 2.41. The van der Waals surface area contributed by atoms with Crippen molar-refractivity contribution in [3.05, 3.63) is 45.3 Å². The van der Waals surface area contributed by atoms with Crippen molar-refractivity contribution in [1.29, 1.82) is 0 Å². The molecular formula is C33H40ClF3N6O5S. The van der Waals surface area contributed by atoms with Crippen molar-refractivity contribution in [3.8, 4) is 5.75 Å². The molecule has 6 aliphatic rings. The molecule has 5 saturated heterocycles. The van der Waals surface area contributed by atoms with Crippen LogP contribution in [0.3, 0.4) is 0 Å². The molecule has 49 heavy (non-hydrogen) atoms. The van der Waals surface area contributed by atoms with Gasteiger partial charge < -0.3 is 29.4 Å². The summed E-state index contributed by atoms with van der Waals surface area (Å²) < 4.78 is 47.0. The molecule has 2 N–H and O–H groups in total. The zero-order valence-corrected chi connectivity index (χ0v) is 28.5. The molecule has 16 heteroatoms. The first-order chi connectivity index (χ1) is 23.4. The number of alkyl halides is 3. The van der Waals surface area contributed by atoms with Crippen LogP contribution in [0.1, 0.15) is 42.4 Å². The van der Waals surface area contributed by atoms with E-state index in [1.165, 1.54) is 35.1 Å². The third-order valence-corrected chi connectivity index (χ3v) is 12.0. The fraction of sp³-hybridized carbons (Fsp3) is 0.606. The van der Waals surface area contributed by atoms with E-state index in [9.17, 15) is 32.7 Å². The molecular weight excluding hydrogens is 685 g/mol. The van der Waals surface area contributed by atoms with Crippen LogP contribution in [0.15, 0.2) is 23.6 Å². The van der Waals surface area contributed by atoms with Crippen molar-refractivity contribution >= 4 is 46.0 Å². The second-order valence-corrected chi connectivity index (χ2v) is 15.0. The van der Waals surface area contributed by atoms with Crippen LogP contribution in [0, 0.1) is 5.92 Å². The number of thiophene rings is 1. The topological polar surface area (TPSA) is 109 Å². The third kappa shape index (κ3) is 7.17. The first-order valence-corrected chi connectivity index (χ1v) is 18.1. The number of halogens is 4. The van der Waals surface area contributed by atoms with E-state index in [4.69, 9.17) is 16.3 Å². The van der Waals surface area contributed by atoms with E-state index < -0.39 is 40.6 Å². The van der Waals surface area contributed by atoms with Crippen molar-refractivity contribution in [2.24, 2.45) is 5.92 Å². The van der Waals surface area contributed by atoms with Crippen LogP contribution in [0.4, 0.5) is 27.8 Å². The van der Waals surface area contributed by atoms with Crippen LogP contribution in [0.5, 0.6) is 5.75 Å². The second kappa shape index (κ2) is 13.8. The number of anilines is 1. The van der Waals surface area contributed by atoms with Crippen LogP contribution in [0.2, 0.25) is 5.02 Å². The van der Waals surface area contributed by atoms with Gasteiger partial charge in [0.15, 0.2) is 6.10 Å². The number of nitrogens with one attached hydrogen (secondary N) is 1. The van der Waals surface area contributed by atoms with Crippen LogP contribution >= 0.6 is 22.9 Å². The summed E-state index contributed by atoms with van der Waals surface area (Å²) in [4.78, 5) is 50.1. The number of ether oxygens (including phenoxy) is 1. The second-order valence-electron chi connectivity index (χ2n) is 13.7. The Morgan fingerprint density at radius 1 is 1.02 bits per heavy atom. The molecule has 0 radical (unpaired) electrons. The number of amides is 4. The number of urea groups is 1. The van der Waals surface area contributed by atoms with Gasteiger partial charge >= 0.3 is 18.3 Å². The molecule has 0 aliphatic carbocycles. The summed E-state index contributed by atoms with van der Waals surface area (Å²) in [6.45, 7) is 6.48. The van der Waals surface area contributed by atoms with Crippen molar-refractivity contribution in [1.82, 2.24) is 24.5 Å². The van der Waals surface area contributed by atoms with E-state index in [0.717, 1.165) is 36.3 Å². The van der Waals surface area contributed by atoms with Gasteiger partial charge in [-0.3, -0.25) is 15.0 Å². The number of phenols is 1. The smallest absolute Gasteiger partial charge is 0.420 e. The summed E-state index contributed by atoms with van der Waals surface area (Å²) in [5.74, 6) is -0.933. The molecule has 6 aliphatic heterocycles.